The van der Waals surface area contributed by atoms with Crippen LogP contribution in [0.2, 0.25) is 0 Å². The third-order valence-corrected chi connectivity index (χ3v) is 4.32. The summed E-state index contributed by atoms with van der Waals surface area (Å²) in [5.74, 6) is 1.70. The molecular formula is C11H22BrN. The quantitative estimate of drug-likeness (QED) is 0.737. The molecule has 0 spiro atoms. The summed E-state index contributed by atoms with van der Waals surface area (Å²) in [4.78, 5) is 0. The smallest absolute Gasteiger partial charge is 0.00724 e. The van der Waals surface area contributed by atoms with E-state index in [2.05, 4.69) is 35.1 Å². The van der Waals surface area contributed by atoms with Crippen LogP contribution in [-0.4, -0.2) is 17.9 Å². The maximum Gasteiger partial charge on any atom is 0.00724 e. The highest BCUT2D eigenvalue weighted by atomic mass is 79.9. The second-order valence-corrected chi connectivity index (χ2v) is 5.13. The zero-order valence-electron chi connectivity index (χ0n) is 8.85. The van der Waals surface area contributed by atoms with E-state index in [9.17, 15) is 0 Å². The van der Waals surface area contributed by atoms with Gasteiger partial charge in [-0.1, -0.05) is 35.7 Å². The molecule has 78 valence electrons. The first-order valence-corrected chi connectivity index (χ1v) is 6.65. The van der Waals surface area contributed by atoms with Gasteiger partial charge in [0, 0.05) is 11.4 Å². The molecule has 0 heterocycles. The van der Waals surface area contributed by atoms with Crippen molar-refractivity contribution in [2.75, 3.05) is 11.9 Å². The topological polar surface area (TPSA) is 12.0 Å². The largest absolute Gasteiger partial charge is 0.314 e. The number of halogens is 1. The van der Waals surface area contributed by atoms with Crippen molar-refractivity contribution in [3.63, 3.8) is 0 Å². The Hall–Kier alpha value is 0.440. The van der Waals surface area contributed by atoms with Gasteiger partial charge in [0.2, 0.25) is 0 Å². The maximum absolute atomic E-state index is 3.65. The zero-order chi connectivity index (χ0) is 9.68. The number of rotatable bonds is 5. The summed E-state index contributed by atoms with van der Waals surface area (Å²) >= 11 is 3.53. The molecule has 0 radical (unpaired) electrons. The van der Waals surface area contributed by atoms with Crippen LogP contribution in [0.1, 0.15) is 39.5 Å². The molecule has 1 N–H and O–H groups in total. The molecule has 2 atom stereocenters. The van der Waals surface area contributed by atoms with Gasteiger partial charge in [0.25, 0.3) is 0 Å². The van der Waals surface area contributed by atoms with Crippen molar-refractivity contribution in [3.05, 3.63) is 0 Å². The van der Waals surface area contributed by atoms with E-state index in [-0.39, 0.29) is 0 Å². The molecule has 0 amide bonds. The van der Waals surface area contributed by atoms with Crippen molar-refractivity contribution in [1.82, 2.24) is 5.32 Å². The SMILES string of the molecule is CC(CBr)C(C)NCC1CCCC1. The van der Waals surface area contributed by atoms with Gasteiger partial charge in [0.1, 0.15) is 0 Å². The highest BCUT2D eigenvalue weighted by Crippen LogP contribution is 2.24. The molecule has 1 nitrogen and oxygen atoms in total. The minimum atomic E-state index is 0.653. The average molecular weight is 248 g/mol. The van der Waals surface area contributed by atoms with Crippen molar-refractivity contribution >= 4 is 15.9 Å². The lowest BCUT2D eigenvalue weighted by molar-refractivity contribution is 0.388. The number of hydrogen-bond donors (Lipinski definition) is 1. The maximum atomic E-state index is 3.65. The molecule has 1 saturated carbocycles. The second-order valence-electron chi connectivity index (χ2n) is 4.48. The van der Waals surface area contributed by atoms with Gasteiger partial charge < -0.3 is 5.32 Å². The molecule has 1 aliphatic carbocycles. The predicted molar refractivity (Wildman–Crippen MR) is 62.4 cm³/mol. The molecule has 1 aliphatic rings. The molecule has 0 aliphatic heterocycles. The Morgan fingerprint density at radius 3 is 2.46 bits per heavy atom. The standard InChI is InChI=1S/C11H22BrN/c1-9(7-12)10(2)13-8-11-5-3-4-6-11/h9-11,13H,3-8H2,1-2H3. The molecule has 0 aromatic carbocycles. The first-order valence-electron chi connectivity index (χ1n) is 5.53. The van der Waals surface area contributed by atoms with Crippen LogP contribution < -0.4 is 5.32 Å². The van der Waals surface area contributed by atoms with Gasteiger partial charge in [0.15, 0.2) is 0 Å². The van der Waals surface area contributed by atoms with E-state index < -0.39 is 0 Å². The number of alkyl halides is 1. The Bertz CT molecular complexity index is 132. The molecule has 2 heteroatoms. The van der Waals surface area contributed by atoms with E-state index in [0.29, 0.717) is 6.04 Å². The monoisotopic (exact) mass is 247 g/mol. The molecular weight excluding hydrogens is 226 g/mol. The van der Waals surface area contributed by atoms with Crippen molar-refractivity contribution in [2.24, 2.45) is 11.8 Å². The minimum absolute atomic E-state index is 0.653. The Labute approximate surface area is 90.8 Å². The first kappa shape index (κ1) is 11.5. The molecule has 0 bridgehead atoms. The highest BCUT2D eigenvalue weighted by molar-refractivity contribution is 9.09. The molecule has 0 saturated heterocycles. The fourth-order valence-corrected chi connectivity index (χ4v) is 2.46. The minimum Gasteiger partial charge on any atom is -0.314 e. The molecule has 0 aromatic heterocycles. The normalized spacial score (nSPS) is 23.3. The van der Waals surface area contributed by atoms with Crippen LogP contribution in [0.4, 0.5) is 0 Å². The summed E-state index contributed by atoms with van der Waals surface area (Å²) in [6.45, 7) is 5.82. The molecule has 1 rings (SSSR count). The van der Waals surface area contributed by atoms with E-state index in [4.69, 9.17) is 0 Å². The fourth-order valence-electron chi connectivity index (χ4n) is 1.90. The predicted octanol–water partition coefficient (Wildman–Crippen LogP) is 3.19. The summed E-state index contributed by atoms with van der Waals surface area (Å²) in [6.07, 6.45) is 5.80. The van der Waals surface area contributed by atoms with Crippen molar-refractivity contribution in [2.45, 2.75) is 45.6 Å². The Kier molecular flexibility index (Phi) is 5.34. The Morgan fingerprint density at radius 1 is 1.31 bits per heavy atom. The lowest BCUT2D eigenvalue weighted by Crippen LogP contribution is -2.35. The molecule has 0 aromatic rings. The summed E-state index contributed by atoms with van der Waals surface area (Å²) in [6, 6.07) is 0.653. The van der Waals surface area contributed by atoms with Gasteiger partial charge in [-0.25, -0.2) is 0 Å². The van der Waals surface area contributed by atoms with Crippen molar-refractivity contribution in [3.8, 4) is 0 Å². The van der Waals surface area contributed by atoms with Gasteiger partial charge in [-0.2, -0.15) is 0 Å². The van der Waals surface area contributed by atoms with Crippen LogP contribution in [-0.2, 0) is 0 Å². The average Bonchev–Trinajstić information content (AvgIpc) is 2.65. The van der Waals surface area contributed by atoms with Gasteiger partial charge in [-0.3, -0.25) is 0 Å². The lowest BCUT2D eigenvalue weighted by atomic mass is 10.0. The van der Waals surface area contributed by atoms with Crippen molar-refractivity contribution in [1.29, 1.82) is 0 Å². The van der Waals surface area contributed by atoms with Gasteiger partial charge in [-0.05, 0) is 38.1 Å². The van der Waals surface area contributed by atoms with Gasteiger partial charge in [0.05, 0.1) is 0 Å². The summed E-state index contributed by atoms with van der Waals surface area (Å²) in [7, 11) is 0. The molecule has 13 heavy (non-hydrogen) atoms. The summed E-state index contributed by atoms with van der Waals surface area (Å²) in [5, 5.41) is 4.75. The van der Waals surface area contributed by atoms with E-state index in [1.807, 2.05) is 0 Å². The van der Waals surface area contributed by atoms with E-state index in [0.717, 1.165) is 17.2 Å². The van der Waals surface area contributed by atoms with Crippen LogP contribution in [0.5, 0.6) is 0 Å². The first-order chi connectivity index (χ1) is 6.24. The van der Waals surface area contributed by atoms with E-state index in [1.165, 1.54) is 32.2 Å². The third-order valence-electron chi connectivity index (χ3n) is 3.30. The summed E-state index contributed by atoms with van der Waals surface area (Å²) in [5.41, 5.74) is 0. The molecule has 1 fully saturated rings. The van der Waals surface area contributed by atoms with Gasteiger partial charge in [-0.15, -0.1) is 0 Å². The Balaban J connectivity index is 2.10. The van der Waals surface area contributed by atoms with E-state index in [1.54, 1.807) is 0 Å². The van der Waals surface area contributed by atoms with E-state index >= 15 is 0 Å². The third kappa shape index (κ3) is 3.99. The van der Waals surface area contributed by atoms with Crippen LogP contribution in [0.15, 0.2) is 0 Å². The van der Waals surface area contributed by atoms with Crippen LogP contribution in [0.3, 0.4) is 0 Å². The lowest BCUT2D eigenvalue weighted by Gasteiger charge is -2.21. The summed E-state index contributed by atoms with van der Waals surface area (Å²) < 4.78 is 0. The molecule has 2 unspecified atom stereocenters. The Morgan fingerprint density at radius 2 is 1.92 bits per heavy atom. The van der Waals surface area contributed by atoms with Crippen LogP contribution in [0.25, 0.3) is 0 Å². The van der Waals surface area contributed by atoms with Gasteiger partial charge >= 0.3 is 0 Å². The van der Waals surface area contributed by atoms with Crippen LogP contribution in [0, 0.1) is 11.8 Å². The zero-order valence-corrected chi connectivity index (χ0v) is 10.4. The second kappa shape index (κ2) is 6.02. The number of nitrogens with one attached hydrogen (secondary N) is 1. The van der Waals surface area contributed by atoms with Crippen molar-refractivity contribution < 1.29 is 0 Å². The number of hydrogen-bond acceptors (Lipinski definition) is 1. The highest BCUT2D eigenvalue weighted by Gasteiger charge is 2.17. The van der Waals surface area contributed by atoms with Crippen LogP contribution >= 0.6 is 15.9 Å². The fraction of sp³-hybridized carbons (Fsp3) is 1.00.